The van der Waals surface area contributed by atoms with Crippen LogP contribution in [0.15, 0.2) is 53.9 Å². The van der Waals surface area contributed by atoms with E-state index in [-0.39, 0.29) is 18.0 Å². The van der Waals surface area contributed by atoms with Crippen molar-refractivity contribution in [2.45, 2.75) is 32.4 Å². The summed E-state index contributed by atoms with van der Waals surface area (Å²) in [6.45, 7) is 4.20. The summed E-state index contributed by atoms with van der Waals surface area (Å²) in [4.78, 5) is 16.5. The molecule has 2 N–H and O–H groups in total. The highest BCUT2D eigenvalue weighted by molar-refractivity contribution is 7.13. The molecule has 0 fully saturated rings. The molecule has 0 aliphatic rings. The van der Waals surface area contributed by atoms with Crippen LogP contribution in [-0.2, 0) is 17.4 Å². The van der Waals surface area contributed by atoms with Crippen molar-refractivity contribution in [2.75, 3.05) is 10.6 Å². The molecule has 0 aliphatic heterocycles. The minimum atomic E-state index is -4.41. The van der Waals surface area contributed by atoms with Gasteiger partial charge in [0, 0.05) is 16.8 Å². The Kier molecular flexibility index (Phi) is 6.22. The van der Waals surface area contributed by atoms with E-state index >= 15 is 0 Å². The highest BCUT2D eigenvalue weighted by Gasteiger charge is 2.30. The topological polar surface area (TPSA) is 54.0 Å². The number of thiazole rings is 1. The van der Waals surface area contributed by atoms with Gasteiger partial charge in [0.15, 0.2) is 5.13 Å². The predicted molar refractivity (Wildman–Crippen MR) is 110 cm³/mol. The van der Waals surface area contributed by atoms with Gasteiger partial charge in [0.2, 0.25) is 5.91 Å². The number of hydrogen-bond donors (Lipinski definition) is 2. The van der Waals surface area contributed by atoms with E-state index in [9.17, 15) is 18.0 Å². The Morgan fingerprint density at radius 2 is 1.83 bits per heavy atom. The van der Waals surface area contributed by atoms with E-state index in [4.69, 9.17) is 0 Å². The van der Waals surface area contributed by atoms with Crippen molar-refractivity contribution in [3.05, 3.63) is 70.7 Å². The Hall–Kier alpha value is -2.87. The molecule has 0 saturated carbocycles. The number of carbonyl (C=O) groups is 1. The maximum Gasteiger partial charge on any atom is 0.416 e. The first kappa shape index (κ1) is 20.9. The van der Waals surface area contributed by atoms with Crippen LogP contribution in [-0.4, -0.2) is 10.9 Å². The van der Waals surface area contributed by atoms with Crippen molar-refractivity contribution < 1.29 is 18.0 Å². The zero-order valence-corrected chi connectivity index (χ0v) is 16.7. The van der Waals surface area contributed by atoms with E-state index in [0.29, 0.717) is 22.4 Å². The standard InChI is InChI=1S/C21H20F3N3OS/c1-13(2)14-6-8-16(9-7-14)25-19(28)11-18-12-29-20(27-18)26-17-5-3-4-15(10-17)21(22,23)24/h3-10,12-13H,11H2,1-2H3,(H,25,28)(H,26,27). The molecule has 8 heteroatoms. The van der Waals surface area contributed by atoms with Crippen molar-refractivity contribution in [1.29, 1.82) is 0 Å². The highest BCUT2D eigenvalue weighted by Crippen LogP contribution is 2.31. The fourth-order valence-electron chi connectivity index (χ4n) is 2.66. The van der Waals surface area contributed by atoms with Gasteiger partial charge >= 0.3 is 6.18 Å². The number of aromatic nitrogens is 1. The van der Waals surface area contributed by atoms with Crippen molar-refractivity contribution in [3.63, 3.8) is 0 Å². The maximum absolute atomic E-state index is 12.8. The van der Waals surface area contributed by atoms with E-state index in [1.54, 1.807) is 5.38 Å². The second-order valence-corrected chi connectivity index (χ2v) is 7.71. The number of anilines is 3. The van der Waals surface area contributed by atoms with Gasteiger partial charge in [-0.15, -0.1) is 11.3 Å². The summed E-state index contributed by atoms with van der Waals surface area (Å²) in [5, 5.41) is 7.80. The van der Waals surface area contributed by atoms with Crippen LogP contribution in [0.25, 0.3) is 0 Å². The van der Waals surface area contributed by atoms with Crippen LogP contribution in [0.1, 0.15) is 36.6 Å². The lowest BCUT2D eigenvalue weighted by Crippen LogP contribution is -2.14. The summed E-state index contributed by atoms with van der Waals surface area (Å²) < 4.78 is 38.4. The number of nitrogens with zero attached hydrogens (tertiary/aromatic N) is 1. The fourth-order valence-corrected chi connectivity index (χ4v) is 3.39. The highest BCUT2D eigenvalue weighted by atomic mass is 32.1. The molecule has 0 radical (unpaired) electrons. The number of rotatable bonds is 6. The van der Waals surface area contributed by atoms with E-state index in [1.165, 1.54) is 29.0 Å². The van der Waals surface area contributed by atoms with E-state index < -0.39 is 11.7 Å². The molecule has 3 rings (SSSR count). The van der Waals surface area contributed by atoms with Crippen molar-refractivity contribution in [3.8, 4) is 0 Å². The Bertz CT molecular complexity index is 981. The number of carbonyl (C=O) groups excluding carboxylic acids is 1. The molecule has 4 nitrogen and oxygen atoms in total. The van der Waals surface area contributed by atoms with Gasteiger partial charge in [-0.2, -0.15) is 13.2 Å². The molecule has 0 atom stereocenters. The van der Waals surface area contributed by atoms with Crippen molar-refractivity contribution in [1.82, 2.24) is 4.98 Å². The average Bonchev–Trinajstić information content (AvgIpc) is 3.08. The molecule has 0 unspecified atom stereocenters. The smallest absolute Gasteiger partial charge is 0.332 e. The molecular formula is C21H20F3N3OS. The van der Waals surface area contributed by atoms with Crippen LogP contribution in [0.5, 0.6) is 0 Å². The molecule has 0 saturated heterocycles. The molecule has 2 aromatic carbocycles. The van der Waals surface area contributed by atoms with Crippen molar-refractivity contribution >= 4 is 33.8 Å². The van der Waals surface area contributed by atoms with Crippen LogP contribution in [0.4, 0.5) is 29.7 Å². The number of hydrogen-bond acceptors (Lipinski definition) is 4. The Balaban J connectivity index is 1.59. The van der Waals surface area contributed by atoms with E-state index in [0.717, 1.165) is 12.1 Å². The zero-order chi connectivity index (χ0) is 21.0. The quantitative estimate of drug-likeness (QED) is 0.499. The number of amides is 1. The maximum atomic E-state index is 12.8. The minimum Gasteiger partial charge on any atom is -0.332 e. The molecular weight excluding hydrogens is 399 g/mol. The van der Waals surface area contributed by atoms with Crippen LogP contribution >= 0.6 is 11.3 Å². The van der Waals surface area contributed by atoms with Gasteiger partial charge in [-0.3, -0.25) is 4.79 Å². The van der Waals surface area contributed by atoms with Crippen molar-refractivity contribution in [2.24, 2.45) is 0 Å². The van der Waals surface area contributed by atoms with Gasteiger partial charge in [-0.1, -0.05) is 32.0 Å². The predicted octanol–water partition coefficient (Wildman–Crippen LogP) is 6.21. The summed E-state index contributed by atoms with van der Waals surface area (Å²) in [5.41, 5.74) is 1.99. The summed E-state index contributed by atoms with van der Waals surface area (Å²) >= 11 is 1.23. The van der Waals surface area contributed by atoms with Crippen LogP contribution < -0.4 is 10.6 Å². The molecule has 1 aromatic heterocycles. The normalized spacial score (nSPS) is 11.5. The number of halogens is 3. The van der Waals surface area contributed by atoms with Crippen LogP contribution in [0.3, 0.4) is 0 Å². The first-order valence-electron chi connectivity index (χ1n) is 8.99. The summed E-state index contributed by atoms with van der Waals surface area (Å²) in [6, 6.07) is 12.6. The van der Waals surface area contributed by atoms with Gasteiger partial charge in [0.25, 0.3) is 0 Å². The Morgan fingerprint density at radius 1 is 1.10 bits per heavy atom. The average molecular weight is 419 g/mol. The van der Waals surface area contributed by atoms with Gasteiger partial charge in [0.05, 0.1) is 17.7 Å². The third-order valence-corrected chi connectivity index (χ3v) is 5.00. The van der Waals surface area contributed by atoms with Crippen LogP contribution in [0, 0.1) is 0 Å². The molecule has 0 aliphatic carbocycles. The molecule has 1 heterocycles. The lowest BCUT2D eigenvalue weighted by molar-refractivity contribution is -0.137. The monoisotopic (exact) mass is 419 g/mol. The minimum absolute atomic E-state index is 0.0761. The molecule has 152 valence electrons. The van der Waals surface area contributed by atoms with Crippen LogP contribution in [0.2, 0.25) is 0 Å². The Labute approximate surface area is 170 Å². The third-order valence-electron chi connectivity index (χ3n) is 4.20. The van der Waals surface area contributed by atoms with Gasteiger partial charge in [0.1, 0.15) is 0 Å². The Morgan fingerprint density at radius 3 is 2.48 bits per heavy atom. The summed E-state index contributed by atoms with van der Waals surface area (Å²) in [5.74, 6) is 0.204. The SMILES string of the molecule is CC(C)c1ccc(NC(=O)Cc2csc(Nc3cccc(C(F)(F)F)c3)n2)cc1. The molecule has 0 spiro atoms. The summed E-state index contributed by atoms with van der Waals surface area (Å²) in [7, 11) is 0. The lowest BCUT2D eigenvalue weighted by atomic mass is 10.0. The zero-order valence-electron chi connectivity index (χ0n) is 15.9. The molecule has 29 heavy (non-hydrogen) atoms. The van der Waals surface area contributed by atoms with Gasteiger partial charge in [-0.25, -0.2) is 4.98 Å². The second-order valence-electron chi connectivity index (χ2n) is 6.85. The van der Waals surface area contributed by atoms with Gasteiger partial charge < -0.3 is 10.6 Å². The largest absolute Gasteiger partial charge is 0.416 e. The lowest BCUT2D eigenvalue weighted by Gasteiger charge is -2.09. The second kappa shape index (κ2) is 8.65. The summed E-state index contributed by atoms with van der Waals surface area (Å²) in [6.07, 6.45) is -4.33. The number of nitrogens with one attached hydrogen (secondary N) is 2. The first-order chi connectivity index (χ1) is 13.7. The molecule has 1 amide bonds. The number of alkyl halides is 3. The van der Waals surface area contributed by atoms with Gasteiger partial charge in [-0.05, 0) is 41.8 Å². The fraction of sp³-hybridized carbons (Fsp3) is 0.238. The molecule has 3 aromatic rings. The van der Waals surface area contributed by atoms with E-state index in [2.05, 4.69) is 29.5 Å². The number of benzene rings is 2. The third kappa shape index (κ3) is 5.80. The van der Waals surface area contributed by atoms with E-state index in [1.807, 2.05) is 24.3 Å². The first-order valence-corrected chi connectivity index (χ1v) is 9.87. The molecule has 0 bridgehead atoms.